The van der Waals surface area contributed by atoms with Gasteiger partial charge in [-0.15, -0.1) is 0 Å². The number of aromatic nitrogens is 3. The Labute approximate surface area is 112 Å². The van der Waals surface area contributed by atoms with Crippen LogP contribution >= 0.6 is 34.8 Å². The van der Waals surface area contributed by atoms with Gasteiger partial charge in [-0.2, -0.15) is 15.0 Å². The van der Waals surface area contributed by atoms with E-state index < -0.39 is 0 Å². The van der Waals surface area contributed by atoms with Crippen molar-refractivity contribution in [2.45, 2.75) is 0 Å². The third kappa shape index (κ3) is 2.88. The van der Waals surface area contributed by atoms with Crippen LogP contribution in [0.25, 0.3) is 0 Å². The zero-order valence-electron chi connectivity index (χ0n) is 8.28. The molecule has 88 valence electrons. The van der Waals surface area contributed by atoms with E-state index in [4.69, 9.17) is 40.5 Å². The number of anilines is 3. The molecular formula is C9H6Cl3N5. The summed E-state index contributed by atoms with van der Waals surface area (Å²) >= 11 is 17.6. The molecule has 0 aliphatic rings. The summed E-state index contributed by atoms with van der Waals surface area (Å²) in [6.07, 6.45) is 0. The van der Waals surface area contributed by atoms with Gasteiger partial charge in [0.2, 0.25) is 17.2 Å². The SMILES string of the molecule is Nc1nc(Cl)nc(Nc2c(Cl)cccc2Cl)n1. The molecule has 1 aromatic heterocycles. The van der Waals surface area contributed by atoms with Gasteiger partial charge >= 0.3 is 0 Å². The minimum absolute atomic E-state index is 0.00989. The Balaban J connectivity index is 2.38. The summed E-state index contributed by atoms with van der Waals surface area (Å²) in [4.78, 5) is 11.3. The van der Waals surface area contributed by atoms with Gasteiger partial charge in [0.1, 0.15) is 0 Å². The van der Waals surface area contributed by atoms with Crippen molar-refractivity contribution >= 4 is 52.4 Å². The van der Waals surface area contributed by atoms with Gasteiger partial charge < -0.3 is 11.1 Å². The van der Waals surface area contributed by atoms with Gasteiger partial charge in [0.25, 0.3) is 0 Å². The van der Waals surface area contributed by atoms with E-state index in [0.717, 1.165) is 0 Å². The first-order chi connectivity index (χ1) is 8.06. The van der Waals surface area contributed by atoms with Gasteiger partial charge in [0.15, 0.2) is 0 Å². The normalized spacial score (nSPS) is 10.3. The highest BCUT2D eigenvalue weighted by molar-refractivity contribution is 6.39. The van der Waals surface area contributed by atoms with Crippen molar-refractivity contribution in [3.63, 3.8) is 0 Å². The van der Waals surface area contributed by atoms with Crippen LogP contribution in [0.4, 0.5) is 17.6 Å². The number of rotatable bonds is 2. The van der Waals surface area contributed by atoms with Gasteiger partial charge in [-0.3, -0.25) is 0 Å². The van der Waals surface area contributed by atoms with Gasteiger partial charge in [0, 0.05) is 0 Å². The van der Waals surface area contributed by atoms with Gasteiger partial charge in [-0.25, -0.2) is 0 Å². The monoisotopic (exact) mass is 289 g/mol. The molecule has 0 atom stereocenters. The van der Waals surface area contributed by atoms with Crippen LogP contribution in [0.15, 0.2) is 18.2 Å². The maximum atomic E-state index is 5.98. The van der Waals surface area contributed by atoms with E-state index in [1.54, 1.807) is 18.2 Å². The number of halogens is 3. The van der Waals surface area contributed by atoms with Crippen LogP contribution in [-0.4, -0.2) is 15.0 Å². The lowest BCUT2D eigenvalue weighted by molar-refractivity contribution is 1.07. The fourth-order valence-corrected chi connectivity index (χ4v) is 1.81. The molecular weight excluding hydrogens is 284 g/mol. The first-order valence-electron chi connectivity index (χ1n) is 4.44. The minimum atomic E-state index is -0.0109. The summed E-state index contributed by atoms with van der Waals surface area (Å²) in [5.74, 6) is 0.188. The zero-order valence-corrected chi connectivity index (χ0v) is 10.6. The topological polar surface area (TPSA) is 76.7 Å². The van der Waals surface area contributed by atoms with E-state index in [-0.39, 0.29) is 17.2 Å². The summed E-state index contributed by atoms with van der Waals surface area (Å²) in [6, 6.07) is 5.09. The summed E-state index contributed by atoms with van der Waals surface area (Å²) in [5, 5.41) is 3.70. The van der Waals surface area contributed by atoms with Gasteiger partial charge in [-0.1, -0.05) is 29.3 Å². The van der Waals surface area contributed by atoms with Crippen LogP contribution in [0.5, 0.6) is 0 Å². The van der Waals surface area contributed by atoms with Crippen molar-refractivity contribution in [1.82, 2.24) is 15.0 Å². The number of para-hydroxylation sites is 1. The van der Waals surface area contributed by atoms with E-state index >= 15 is 0 Å². The molecule has 8 heteroatoms. The van der Waals surface area contributed by atoms with E-state index in [9.17, 15) is 0 Å². The number of hydrogen-bond acceptors (Lipinski definition) is 5. The molecule has 0 aliphatic heterocycles. The average Bonchev–Trinajstić information content (AvgIpc) is 2.22. The second kappa shape index (κ2) is 4.91. The molecule has 0 amide bonds. The summed E-state index contributed by atoms with van der Waals surface area (Å²) in [6.45, 7) is 0. The molecule has 0 bridgehead atoms. The Morgan fingerprint density at radius 1 is 1.00 bits per heavy atom. The number of hydrogen-bond donors (Lipinski definition) is 2. The molecule has 2 aromatic rings. The number of nitrogen functional groups attached to an aromatic ring is 1. The molecule has 0 aliphatic carbocycles. The Bertz CT molecular complexity index is 520. The van der Waals surface area contributed by atoms with Crippen LogP contribution in [0.3, 0.4) is 0 Å². The Morgan fingerprint density at radius 3 is 2.24 bits per heavy atom. The van der Waals surface area contributed by atoms with Crippen molar-refractivity contribution in [2.75, 3.05) is 11.1 Å². The highest BCUT2D eigenvalue weighted by Crippen LogP contribution is 2.31. The third-order valence-electron chi connectivity index (χ3n) is 1.82. The molecule has 0 saturated heterocycles. The van der Waals surface area contributed by atoms with Crippen LogP contribution in [0.1, 0.15) is 0 Å². The van der Waals surface area contributed by atoms with Crippen LogP contribution < -0.4 is 11.1 Å². The van der Waals surface area contributed by atoms with E-state index in [1.165, 1.54) is 0 Å². The minimum Gasteiger partial charge on any atom is -0.368 e. The lowest BCUT2D eigenvalue weighted by atomic mass is 10.3. The molecule has 17 heavy (non-hydrogen) atoms. The van der Waals surface area contributed by atoms with Crippen molar-refractivity contribution in [3.05, 3.63) is 33.5 Å². The zero-order chi connectivity index (χ0) is 12.4. The van der Waals surface area contributed by atoms with Crippen LogP contribution in [-0.2, 0) is 0 Å². The molecule has 0 spiro atoms. The van der Waals surface area contributed by atoms with Crippen molar-refractivity contribution < 1.29 is 0 Å². The number of nitrogens with zero attached hydrogens (tertiary/aromatic N) is 3. The van der Waals surface area contributed by atoms with Crippen LogP contribution in [0, 0.1) is 0 Å². The molecule has 0 radical (unpaired) electrons. The number of benzene rings is 1. The third-order valence-corrected chi connectivity index (χ3v) is 2.62. The molecule has 1 heterocycles. The van der Waals surface area contributed by atoms with Gasteiger partial charge in [0.05, 0.1) is 15.7 Å². The van der Waals surface area contributed by atoms with Crippen molar-refractivity contribution in [3.8, 4) is 0 Å². The Hall–Kier alpha value is -1.30. The first kappa shape index (κ1) is 12.2. The van der Waals surface area contributed by atoms with Crippen molar-refractivity contribution in [1.29, 1.82) is 0 Å². The van der Waals surface area contributed by atoms with E-state index in [1.807, 2.05) is 0 Å². The van der Waals surface area contributed by atoms with Crippen molar-refractivity contribution in [2.24, 2.45) is 0 Å². The number of nitrogens with two attached hydrogens (primary N) is 1. The second-order valence-electron chi connectivity index (χ2n) is 3.01. The van der Waals surface area contributed by atoms with Gasteiger partial charge in [-0.05, 0) is 23.7 Å². The summed E-state index contributed by atoms with van der Waals surface area (Å²) in [5.41, 5.74) is 5.92. The Kier molecular flexibility index (Phi) is 3.51. The largest absolute Gasteiger partial charge is 0.368 e. The fourth-order valence-electron chi connectivity index (χ4n) is 1.15. The molecule has 1 aromatic carbocycles. The highest BCUT2D eigenvalue weighted by atomic mass is 35.5. The van der Waals surface area contributed by atoms with E-state index in [0.29, 0.717) is 15.7 Å². The predicted octanol–water partition coefficient (Wildman–Crippen LogP) is 3.16. The lowest BCUT2D eigenvalue weighted by Gasteiger charge is -2.08. The van der Waals surface area contributed by atoms with E-state index in [2.05, 4.69) is 20.3 Å². The molecule has 2 rings (SSSR count). The standard InChI is InChI=1S/C9H6Cl3N5/c10-4-2-1-3-5(11)6(4)14-9-16-7(12)15-8(13)17-9/h1-3H,(H3,13,14,15,16,17). The lowest BCUT2D eigenvalue weighted by Crippen LogP contribution is -2.03. The van der Waals surface area contributed by atoms with Crippen LogP contribution in [0.2, 0.25) is 15.3 Å². The average molecular weight is 291 g/mol. The molecule has 0 unspecified atom stereocenters. The quantitative estimate of drug-likeness (QED) is 0.888. The second-order valence-corrected chi connectivity index (χ2v) is 4.16. The molecule has 5 nitrogen and oxygen atoms in total. The molecule has 0 fully saturated rings. The smallest absolute Gasteiger partial charge is 0.233 e. The Morgan fingerprint density at radius 2 is 1.65 bits per heavy atom. The summed E-state index contributed by atoms with van der Waals surface area (Å²) < 4.78 is 0. The predicted molar refractivity (Wildman–Crippen MR) is 69.0 cm³/mol. The molecule has 3 N–H and O–H groups in total. The maximum absolute atomic E-state index is 5.98. The fraction of sp³-hybridized carbons (Fsp3) is 0. The summed E-state index contributed by atoms with van der Waals surface area (Å²) in [7, 11) is 0. The maximum Gasteiger partial charge on any atom is 0.233 e. The number of nitrogens with one attached hydrogen (secondary N) is 1. The molecule has 0 saturated carbocycles. The highest BCUT2D eigenvalue weighted by Gasteiger charge is 2.08. The first-order valence-corrected chi connectivity index (χ1v) is 5.58.